The Morgan fingerprint density at radius 3 is 2.54 bits per heavy atom. The fraction of sp³-hybridized carbons (Fsp3) is 0.250. The van der Waals surface area contributed by atoms with Crippen LogP contribution in [0.3, 0.4) is 0 Å². The lowest BCUT2D eigenvalue weighted by molar-refractivity contribution is -0.127. The molecule has 0 spiro atoms. The van der Waals surface area contributed by atoms with Crippen molar-refractivity contribution in [3.8, 4) is 0 Å². The fourth-order valence-corrected chi connectivity index (χ4v) is 1.42. The van der Waals surface area contributed by atoms with Crippen LogP contribution in [0.4, 0.5) is 0 Å². The first-order chi connectivity index (χ1) is 6.36. The molecule has 1 aliphatic carbocycles. The van der Waals surface area contributed by atoms with E-state index in [-0.39, 0.29) is 5.92 Å². The highest BCUT2D eigenvalue weighted by Crippen LogP contribution is 2.24. The number of hydrogen-bond donors (Lipinski definition) is 0. The quantitative estimate of drug-likeness (QED) is 0.670. The van der Waals surface area contributed by atoms with Crippen molar-refractivity contribution in [1.82, 2.24) is 0 Å². The van der Waals surface area contributed by atoms with Crippen molar-refractivity contribution in [3.05, 3.63) is 42.0 Å². The molecule has 1 unspecified atom stereocenters. The maximum Gasteiger partial charge on any atom is 0.139 e. The van der Waals surface area contributed by atoms with Gasteiger partial charge in [0.2, 0.25) is 0 Å². The highest BCUT2D eigenvalue weighted by molar-refractivity contribution is 5.88. The lowest BCUT2D eigenvalue weighted by Gasteiger charge is -2.19. The molecule has 0 N–H and O–H groups in total. The maximum absolute atomic E-state index is 11.0. The normalized spacial score (nSPS) is 21.8. The Bertz CT molecular complexity index is 324. The van der Waals surface area contributed by atoms with Gasteiger partial charge >= 0.3 is 0 Å². The topological polar surface area (TPSA) is 17.1 Å². The van der Waals surface area contributed by atoms with Crippen LogP contribution < -0.4 is 0 Å². The second kappa shape index (κ2) is 3.56. The van der Waals surface area contributed by atoms with Crippen molar-refractivity contribution in [3.63, 3.8) is 0 Å². The van der Waals surface area contributed by atoms with Crippen molar-refractivity contribution < 1.29 is 4.79 Å². The van der Waals surface area contributed by atoms with Gasteiger partial charge in [0.05, 0.1) is 0 Å². The molecule has 1 aromatic carbocycles. The highest BCUT2D eigenvalue weighted by atomic mass is 16.1. The summed E-state index contributed by atoms with van der Waals surface area (Å²) in [5.74, 6) is 0.576. The number of ketones is 1. The molecule has 1 atom stereocenters. The van der Waals surface area contributed by atoms with E-state index in [2.05, 4.69) is 0 Å². The van der Waals surface area contributed by atoms with E-state index in [0.29, 0.717) is 5.78 Å². The van der Waals surface area contributed by atoms with Crippen LogP contribution in [0.15, 0.2) is 36.4 Å². The zero-order valence-corrected chi connectivity index (χ0v) is 7.44. The van der Waals surface area contributed by atoms with Gasteiger partial charge < -0.3 is 0 Å². The number of Topliss-reactive ketones (excluding diaryl/α,β-unsaturated/α-hetero) is 1. The van der Waals surface area contributed by atoms with Crippen LogP contribution in [-0.4, -0.2) is 5.78 Å². The Labute approximate surface area is 78.1 Å². The first-order valence-corrected chi connectivity index (χ1v) is 4.62. The largest absolute Gasteiger partial charge is 0.299 e. The summed E-state index contributed by atoms with van der Waals surface area (Å²) in [6.07, 6.45) is 5.84. The molecule has 0 saturated heterocycles. The predicted molar refractivity (Wildman–Crippen MR) is 53.2 cm³/mol. The summed E-state index contributed by atoms with van der Waals surface area (Å²) in [4.78, 5) is 11.0. The Morgan fingerprint density at radius 1 is 1.23 bits per heavy atom. The summed E-state index contributed by atoms with van der Waals surface area (Å²) < 4.78 is 0. The SMILES string of the molecule is O=C1CCC1/C=C/c1ccccc1. The molecule has 1 fully saturated rings. The Morgan fingerprint density at radius 2 is 2.00 bits per heavy atom. The number of rotatable bonds is 2. The smallest absolute Gasteiger partial charge is 0.139 e. The molecule has 2 rings (SSSR count). The Balaban J connectivity index is 2.01. The summed E-state index contributed by atoms with van der Waals surface area (Å²) >= 11 is 0. The monoisotopic (exact) mass is 172 g/mol. The van der Waals surface area contributed by atoms with Gasteiger partial charge in [0.1, 0.15) is 5.78 Å². The predicted octanol–water partition coefficient (Wildman–Crippen LogP) is 2.68. The maximum atomic E-state index is 11.0. The molecule has 13 heavy (non-hydrogen) atoms. The zero-order chi connectivity index (χ0) is 9.10. The molecule has 0 heterocycles. The Kier molecular flexibility index (Phi) is 2.26. The van der Waals surface area contributed by atoms with E-state index < -0.39 is 0 Å². The van der Waals surface area contributed by atoms with Crippen LogP contribution in [0.5, 0.6) is 0 Å². The fourth-order valence-electron chi connectivity index (χ4n) is 1.42. The second-order valence-electron chi connectivity index (χ2n) is 3.38. The minimum absolute atomic E-state index is 0.195. The first kappa shape index (κ1) is 8.24. The highest BCUT2D eigenvalue weighted by Gasteiger charge is 2.24. The summed E-state index contributed by atoms with van der Waals surface area (Å²) in [5.41, 5.74) is 1.17. The average molecular weight is 172 g/mol. The van der Waals surface area contributed by atoms with E-state index >= 15 is 0 Å². The zero-order valence-electron chi connectivity index (χ0n) is 7.44. The van der Waals surface area contributed by atoms with Gasteiger partial charge in [-0.2, -0.15) is 0 Å². The van der Waals surface area contributed by atoms with Gasteiger partial charge in [-0.15, -0.1) is 0 Å². The van der Waals surface area contributed by atoms with Crippen LogP contribution in [0.25, 0.3) is 6.08 Å². The van der Waals surface area contributed by atoms with Crippen molar-refractivity contribution in [1.29, 1.82) is 0 Å². The third-order valence-corrected chi connectivity index (χ3v) is 2.44. The molecular weight excluding hydrogens is 160 g/mol. The van der Waals surface area contributed by atoms with Gasteiger partial charge in [-0.1, -0.05) is 42.5 Å². The molecule has 66 valence electrons. The molecule has 0 amide bonds. The lowest BCUT2D eigenvalue weighted by atomic mass is 9.83. The van der Waals surface area contributed by atoms with E-state index in [4.69, 9.17) is 0 Å². The van der Waals surface area contributed by atoms with Crippen LogP contribution in [0, 0.1) is 5.92 Å². The molecule has 0 radical (unpaired) electrons. The van der Waals surface area contributed by atoms with Crippen LogP contribution in [0.1, 0.15) is 18.4 Å². The van der Waals surface area contributed by atoms with Crippen LogP contribution in [0.2, 0.25) is 0 Å². The molecule has 0 aromatic heterocycles. The Hall–Kier alpha value is -1.37. The van der Waals surface area contributed by atoms with Gasteiger partial charge in [-0.05, 0) is 12.0 Å². The number of carbonyl (C=O) groups excluding carboxylic acids is 1. The van der Waals surface area contributed by atoms with Gasteiger partial charge in [0.15, 0.2) is 0 Å². The van der Waals surface area contributed by atoms with Crippen LogP contribution >= 0.6 is 0 Å². The van der Waals surface area contributed by atoms with Crippen molar-refractivity contribution in [2.24, 2.45) is 5.92 Å². The molecule has 1 heteroatoms. The minimum atomic E-state index is 0.195. The average Bonchev–Trinajstić information content (AvgIpc) is 2.17. The van der Waals surface area contributed by atoms with Crippen molar-refractivity contribution >= 4 is 11.9 Å². The lowest BCUT2D eigenvalue weighted by Crippen LogP contribution is -2.22. The van der Waals surface area contributed by atoms with E-state index in [0.717, 1.165) is 12.8 Å². The molecule has 1 saturated carbocycles. The number of allylic oxidation sites excluding steroid dienone is 1. The number of carbonyl (C=O) groups is 1. The van der Waals surface area contributed by atoms with E-state index in [9.17, 15) is 4.79 Å². The van der Waals surface area contributed by atoms with Gasteiger partial charge in [-0.25, -0.2) is 0 Å². The van der Waals surface area contributed by atoms with Gasteiger partial charge in [-0.3, -0.25) is 4.79 Å². The third kappa shape index (κ3) is 1.86. The minimum Gasteiger partial charge on any atom is -0.299 e. The number of hydrogen-bond acceptors (Lipinski definition) is 1. The van der Waals surface area contributed by atoms with E-state index in [1.54, 1.807) is 0 Å². The summed E-state index contributed by atoms with van der Waals surface area (Å²) in [6, 6.07) is 10.1. The van der Waals surface area contributed by atoms with Crippen LogP contribution in [-0.2, 0) is 4.79 Å². The standard InChI is InChI=1S/C12H12O/c13-12-9-8-11(12)7-6-10-4-2-1-3-5-10/h1-7,11H,8-9H2/b7-6+. The molecule has 1 aliphatic rings. The number of benzene rings is 1. The van der Waals surface area contributed by atoms with Gasteiger partial charge in [0, 0.05) is 12.3 Å². The van der Waals surface area contributed by atoms with E-state index in [1.807, 2.05) is 42.5 Å². The molecule has 0 aliphatic heterocycles. The third-order valence-electron chi connectivity index (χ3n) is 2.44. The molecule has 1 nitrogen and oxygen atoms in total. The second-order valence-corrected chi connectivity index (χ2v) is 3.38. The summed E-state index contributed by atoms with van der Waals surface area (Å²) in [6.45, 7) is 0. The van der Waals surface area contributed by atoms with Crippen molar-refractivity contribution in [2.45, 2.75) is 12.8 Å². The summed E-state index contributed by atoms with van der Waals surface area (Å²) in [7, 11) is 0. The molecule has 1 aromatic rings. The molecular formula is C12H12O. The van der Waals surface area contributed by atoms with E-state index in [1.165, 1.54) is 5.56 Å². The first-order valence-electron chi connectivity index (χ1n) is 4.62. The van der Waals surface area contributed by atoms with Gasteiger partial charge in [0.25, 0.3) is 0 Å². The molecule has 0 bridgehead atoms. The summed E-state index contributed by atoms with van der Waals surface area (Å²) in [5, 5.41) is 0. The van der Waals surface area contributed by atoms with Crippen molar-refractivity contribution in [2.75, 3.05) is 0 Å².